The van der Waals surface area contributed by atoms with E-state index in [2.05, 4.69) is 20.9 Å². The molecule has 1 fully saturated rings. The fraction of sp³-hybridized carbons (Fsp3) is 0.500. The van der Waals surface area contributed by atoms with Crippen LogP contribution in [0.2, 0.25) is 0 Å². The summed E-state index contributed by atoms with van der Waals surface area (Å²) in [6, 6.07) is 3.58. The number of alkyl halides is 1. The first kappa shape index (κ1) is 12.5. The second kappa shape index (κ2) is 5.12. The Morgan fingerprint density at radius 3 is 2.88 bits per heavy atom. The molecule has 0 bridgehead atoms. The molecule has 92 valence electrons. The van der Waals surface area contributed by atoms with E-state index >= 15 is 0 Å². The van der Waals surface area contributed by atoms with Crippen LogP contribution in [0, 0.1) is 5.92 Å². The topological polar surface area (TPSA) is 39.2 Å². The Morgan fingerprint density at radius 2 is 2.41 bits per heavy atom. The maximum atomic E-state index is 12.9. The molecular weight excluding hydrogens is 289 g/mol. The minimum absolute atomic E-state index is 0.0236. The first-order chi connectivity index (χ1) is 8.11. The molecule has 0 N–H and O–H groups in total. The summed E-state index contributed by atoms with van der Waals surface area (Å²) in [5, 5.41) is 0. The summed E-state index contributed by atoms with van der Waals surface area (Å²) in [6.45, 7) is 0. The van der Waals surface area contributed by atoms with Crippen molar-refractivity contribution < 1.29 is 13.9 Å². The smallest absolute Gasteiger partial charge is 0.314 e. The first-order valence-electron chi connectivity index (χ1n) is 5.45. The second-order valence-electron chi connectivity index (χ2n) is 4.22. The number of carbonyl (C=O) groups excluding carboxylic acids is 1. The molecule has 3 nitrogen and oxygen atoms in total. The van der Waals surface area contributed by atoms with Crippen molar-refractivity contribution in [3.63, 3.8) is 0 Å². The van der Waals surface area contributed by atoms with Gasteiger partial charge >= 0.3 is 5.97 Å². The van der Waals surface area contributed by atoms with E-state index in [1.165, 1.54) is 7.11 Å². The van der Waals surface area contributed by atoms with Crippen LogP contribution >= 0.6 is 15.9 Å². The van der Waals surface area contributed by atoms with E-state index in [-0.39, 0.29) is 11.9 Å². The van der Waals surface area contributed by atoms with Gasteiger partial charge in [-0.25, -0.2) is 4.39 Å². The lowest BCUT2D eigenvalue weighted by molar-refractivity contribution is -0.142. The van der Waals surface area contributed by atoms with E-state index in [0.717, 1.165) is 4.47 Å². The van der Waals surface area contributed by atoms with Gasteiger partial charge in [0.2, 0.25) is 0 Å². The van der Waals surface area contributed by atoms with Gasteiger partial charge in [0.1, 0.15) is 6.17 Å². The van der Waals surface area contributed by atoms with Crippen molar-refractivity contribution in [1.29, 1.82) is 0 Å². The van der Waals surface area contributed by atoms with Gasteiger partial charge in [0.25, 0.3) is 0 Å². The van der Waals surface area contributed by atoms with Gasteiger partial charge in [-0.05, 0) is 46.8 Å². The number of pyridine rings is 1. The second-order valence-corrected chi connectivity index (χ2v) is 5.14. The van der Waals surface area contributed by atoms with Gasteiger partial charge in [-0.3, -0.25) is 9.78 Å². The van der Waals surface area contributed by atoms with Crippen molar-refractivity contribution >= 4 is 21.9 Å². The number of aromatic nitrogens is 1. The average Bonchev–Trinajstić information content (AvgIpc) is 3.02. The molecule has 0 saturated heterocycles. The summed E-state index contributed by atoms with van der Waals surface area (Å²) in [6.07, 6.45) is 1.88. The third-order valence-corrected chi connectivity index (χ3v) is 3.44. The Bertz CT molecular complexity index is 409. The number of carbonyl (C=O) groups is 1. The molecule has 5 heteroatoms. The standard InChI is InChI=1S/C12H13BrFNO2/c1-17-12(16)9(4-7-5-10(7)14)11-3-2-8(13)6-15-11/h2-3,6-7,9-10H,4-5H2,1H3. The van der Waals surface area contributed by atoms with Gasteiger partial charge in [0.05, 0.1) is 18.7 Å². The minimum Gasteiger partial charge on any atom is -0.469 e. The Morgan fingerprint density at radius 1 is 1.71 bits per heavy atom. The van der Waals surface area contributed by atoms with Crippen molar-refractivity contribution in [1.82, 2.24) is 4.98 Å². The zero-order chi connectivity index (χ0) is 12.4. The zero-order valence-corrected chi connectivity index (χ0v) is 11.0. The van der Waals surface area contributed by atoms with Crippen molar-refractivity contribution in [3.8, 4) is 0 Å². The molecule has 0 amide bonds. The molecule has 3 atom stereocenters. The molecule has 1 heterocycles. The van der Waals surface area contributed by atoms with Crippen LogP contribution in [0.15, 0.2) is 22.8 Å². The fourth-order valence-corrected chi connectivity index (χ4v) is 2.07. The summed E-state index contributed by atoms with van der Waals surface area (Å²) in [4.78, 5) is 15.9. The Labute approximate surface area is 108 Å². The normalized spacial score (nSPS) is 24.2. The lowest BCUT2D eigenvalue weighted by Crippen LogP contribution is -2.16. The summed E-state index contributed by atoms with van der Waals surface area (Å²) < 4.78 is 18.5. The molecule has 3 unspecified atom stereocenters. The molecule has 1 aliphatic rings. The SMILES string of the molecule is COC(=O)C(CC1CC1F)c1ccc(Br)cn1. The highest BCUT2D eigenvalue weighted by molar-refractivity contribution is 9.10. The molecule has 1 aromatic heterocycles. The van der Waals surface area contributed by atoms with Crippen LogP contribution in [0.25, 0.3) is 0 Å². The van der Waals surface area contributed by atoms with Crippen molar-refractivity contribution in [3.05, 3.63) is 28.5 Å². The third-order valence-electron chi connectivity index (χ3n) is 2.97. The molecular formula is C12H13BrFNO2. The number of esters is 1. The van der Waals surface area contributed by atoms with Gasteiger partial charge in [0.15, 0.2) is 0 Å². The summed E-state index contributed by atoms with van der Waals surface area (Å²) in [5.74, 6) is -0.831. The monoisotopic (exact) mass is 301 g/mol. The van der Waals surface area contributed by atoms with Gasteiger partial charge in [0, 0.05) is 10.7 Å². The molecule has 1 saturated carbocycles. The van der Waals surface area contributed by atoms with Gasteiger partial charge in [-0.1, -0.05) is 0 Å². The van der Waals surface area contributed by atoms with Gasteiger partial charge < -0.3 is 4.74 Å². The van der Waals surface area contributed by atoms with Crippen LogP contribution in [-0.4, -0.2) is 24.2 Å². The summed E-state index contributed by atoms with van der Waals surface area (Å²) >= 11 is 3.28. The number of methoxy groups -OCH3 is 1. The van der Waals surface area contributed by atoms with Crippen LogP contribution in [-0.2, 0) is 9.53 Å². The van der Waals surface area contributed by atoms with Crippen LogP contribution in [0.5, 0.6) is 0 Å². The summed E-state index contributed by atoms with van der Waals surface area (Å²) in [7, 11) is 1.34. The number of hydrogen-bond acceptors (Lipinski definition) is 3. The highest BCUT2D eigenvalue weighted by atomic mass is 79.9. The first-order valence-corrected chi connectivity index (χ1v) is 6.24. The molecule has 0 aromatic carbocycles. The van der Waals surface area contributed by atoms with Crippen LogP contribution < -0.4 is 0 Å². The van der Waals surface area contributed by atoms with Crippen molar-refractivity contribution in [2.45, 2.75) is 24.9 Å². The highest BCUT2D eigenvalue weighted by Crippen LogP contribution is 2.41. The van der Waals surface area contributed by atoms with Gasteiger partial charge in [-0.15, -0.1) is 0 Å². The molecule has 2 rings (SSSR count). The lowest BCUT2D eigenvalue weighted by atomic mass is 9.98. The quantitative estimate of drug-likeness (QED) is 0.803. The lowest BCUT2D eigenvalue weighted by Gasteiger charge is -2.13. The maximum absolute atomic E-state index is 12.9. The average molecular weight is 302 g/mol. The van der Waals surface area contributed by atoms with E-state index < -0.39 is 12.1 Å². The molecule has 0 spiro atoms. The number of ether oxygens (including phenoxy) is 1. The fourth-order valence-electron chi connectivity index (χ4n) is 1.83. The molecule has 0 aliphatic heterocycles. The minimum atomic E-state index is -0.766. The van der Waals surface area contributed by atoms with Crippen molar-refractivity contribution in [2.75, 3.05) is 7.11 Å². The predicted octanol–water partition coefficient (Wildman–Crippen LogP) is 2.85. The Balaban J connectivity index is 2.14. The number of nitrogens with zero attached hydrogens (tertiary/aromatic N) is 1. The molecule has 17 heavy (non-hydrogen) atoms. The largest absolute Gasteiger partial charge is 0.469 e. The van der Waals surface area contributed by atoms with E-state index in [4.69, 9.17) is 4.74 Å². The van der Waals surface area contributed by atoms with Crippen LogP contribution in [0.1, 0.15) is 24.5 Å². The zero-order valence-electron chi connectivity index (χ0n) is 9.40. The number of hydrogen-bond donors (Lipinski definition) is 0. The van der Waals surface area contributed by atoms with E-state index in [9.17, 15) is 9.18 Å². The van der Waals surface area contributed by atoms with E-state index in [0.29, 0.717) is 18.5 Å². The molecule has 1 aromatic rings. The van der Waals surface area contributed by atoms with Crippen LogP contribution in [0.4, 0.5) is 4.39 Å². The van der Waals surface area contributed by atoms with E-state index in [1.807, 2.05) is 6.07 Å². The highest BCUT2D eigenvalue weighted by Gasteiger charge is 2.41. The maximum Gasteiger partial charge on any atom is 0.314 e. The molecule has 1 aliphatic carbocycles. The van der Waals surface area contributed by atoms with E-state index in [1.54, 1.807) is 12.3 Å². The molecule has 0 radical (unpaired) electrons. The number of rotatable bonds is 4. The Hall–Kier alpha value is -0.970. The predicted molar refractivity (Wildman–Crippen MR) is 64.3 cm³/mol. The van der Waals surface area contributed by atoms with Gasteiger partial charge in [-0.2, -0.15) is 0 Å². The Kier molecular flexibility index (Phi) is 3.76. The van der Waals surface area contributed by atoms with Crippen LogP contribution in [0.3, 0.4) is 0 Å². The third kappa shape index (κ3) is 3.03. The summed E-state index contributed by atoms with van der Waals surface area (Å²) in [5.41, 5.74) is 0.638. The van der Waals surface area contributed by atoms with Crippen molar-refractivity contribution in [2.24, 2.45) is 5.92 Å². The number of halogens is 2.